The molecule has 0 unspecified atom stereocenters. The molecule has 2 aromatic carbocycles. The Labute approximate surface area is 127 Å². The Kier molecular flexibility index (Phi) is 4.87. The van der Waals surface area contributed by atoms with Crippen molar-refractivity contribution in [2.24, 2.45) is 0 Å². The SMILES string of the molecule is COc1ccc(NC(=O)/C=C/c2ccccc2[N+](=O)[O-])cc1. The quantitative estimate of drug-likeness (QED) is 0.522. The monoisotopic (exact) mass is 298 g/mol. The zero-order chi connectivity index (χ0) is 15.9. The standard InChI is InChI=1S/C16H14N2O4/c1-22-14-9-7-13(8-10-14)17-16(19)11-6-12-4-2-3-5-15(12)18(20)21/h2-11H,1H3,(H,17,19)/b11-6+. The molecule has 0 radical (unpaired) electrons. The first kappa shape index (κ1) is 15.2. The molecule has 112 valence electrons. The number of benzene rings is 2. The van der Waals surface area contributed by atoms with Gasteiger partial charge in [0.05, 0.1) is 17.6 Å². The van der Waals surface area contributed by atoms with Gasteiger partial charge in [-0.1, -0.05) is 12.1 Å². The number of nitrogens with zero attached hydrogens (tertiary/aromatic N) is 1. The van der Waals surface area contributed by atoms with Gasteiger partial charge in [0.15, 0.2) is 0 Å². The average molecular weight is 298 g/mol. The highest BCUT2D eigenvalue weighted by Gasteiger charge is 2.09. The summed E-state index contributed by atoms with van der Waals surface area (Å²) in [6.07, 6.45) is 2.67. The molecule has 0 heterocycles. The number of ether oxygens (including phenoxy) is 1. The molecule has 1 amide bonds. The van der Waals surface area contributed by atoms with Crippen molar-refractivity contribution in [2.75, 3.05) is 12.4 Å². The molecule has 6 nitrogen and oxygen atoms in total. The third-order valence-corrected chi connectivity index (χ3v) is 2.91. The molecule has 0 saturated heterocycles. The van der Waals surface area contributed by atoms with Crippen LogP contribution in [-0.2, 0) is 4.79 Å². The maximum atomic E-state index is 11.8. The molecule has 2 rings (SSSR count). The molecule has 0 bridgehead atoms. The molecule has 22 heavy (non-hydrogen) atoms. The van der Waals surface area contributed by atoms with Crippen LogP contribution >= 0.6 is 0 Å². The molecule has 1 N–H and O–H groups in total. The highest BCUT2D eigenvalue weighted by atomic mass is 16.6. The Morgan fingerprint density at radius 1 is 1.18 bits per heavy atom. The molecule has 0 aliphatic carbocycles. The predicted molar refractivity (Wildman–Crippen MR) is 83.8 cm³/mol. The van der Waals surface area contributed by atoms with Crippen LogP contribution in [0.4, 0.5) is 11.4 Å². The number of hydrogen-bond donors (Lipinski definition) is 1. The van der Waals surface area contributed by atoms with Crippen LogP contribution in [0.3, 0.4) is 0 Å². The first-order chi connectivity index (χ1) is 10.6. The van der Waals surface area contributed by atoms with E-state index in [1.54, 1.807) is 49.6 Å². The number of nitro benzene ring substituents is 1. The van der Waals surface area contributed by atoms with Crippen LogP contribution in [0.15, 0.2) is 54.6 Å². The van der Waals surface area contributed by atoms with Crippen LogP contribution < -0.4 is 10.1 Å². The number of hydrogen-bond acceptors (Lipinski definition) is 4. The van der Waals surface area contributed by atoms with Crippen molar-refractivity contribution in [1.29, 1.82) is 0 Å². The lowest BCUT2D eigenvalue weighted by Gasteiger charge is -2.03. The van der Waals surface area contributed by atoms with Gasteiger partial charge in [-0.25, -0.2) is 0 Å². The maximum Gasteiger partial charge on any atom is 0.276 e. The van der Waals surface area contributed by atoms with Gasteiger partial charge >= 0.3 is 0 Å². The first-order valence-electron chi connectivity index (χ1n) is 6.46. The molecule has 0 spiro atoms. The van der Waals surface area contributed by atoms with Crippen LogP contribution in [0.2, 0.25) is 0 Å². The molecular formula is C16H14N2O4. The van der Waals surface area contributed by atoms with Gasteiger partial charge in [-0.3, -0.25) is 14.9 Å². The number of amides is 1. The van der Waals surface area contributed by atoms with E-state index in [0.29, 0.717) is 17.0 Å². The predicted octanol–water partition coefficient (Wildman–Crippen LogP) is 3.26. The van der Waals surface area contributed by atoms with Gasteiger partial charge in [0.1, 0.15) is 5.75 Å². The van der Waals surface area contributed by atoms with Crippen LogP contribution in [0.5, 0.6) is 5.75 Å². The fourth-order valence-corrected chi connectivity index (χ4v) is 1.82. The van der Waals surface area contributed by atoms with E-state index in [9.17, 15) is 14.9 Å². The Hall–Kier alpha value is -3.15. The van der Waals surface area contributed by atoms with E-state index in [1.165, 1.54) is 18.2 Å². The lowest BCUT2D eigenvalue weighted by atomic mass is 10.1. The summed E-state index contributed by atoms with van der Waals surface area (Å²) < 4.78 is 5.02. The zero-order valence-electron chi connectivity index (χ0n) is 11.9. The zero-order valence-corrected chi connectivity index (χ0v) is 11.9. The van der Waals surface area contributed by atoms with Crippen molar-refractivity contribution in [3.8, 4) is 5.75 Å². The summed E-state index contributed by atoms with van der Waals surface area (Å²) in [5.41, 5.74) is 0.936. The number of anilines is 1. The smallest absolute Gasteiger partial charge is 0.276 e. The van der Waals surface area contributed by atoms with Crippen molar-refractivity contribution in [2.45, 2.75) is 0 Å². The maximum absolute atomic E-state index is 11.8. The number of carbonyl (C=O) groups excluding carboxylic acids is 1. The molecular weight excluding hydrogens is 284 g/mol. The third-order valence-electron chi connectivity index (χ3n) is 2.91. The minimum Gasteiger partial charge on any atom is -0.497 e. The minimum atomic E-state index is -0.485. The Morgan fingerprint density at radius 3 is 2.50 bits per heavy atom. The van der Waals surface area contributed by atoms with E-state index in [4.69, 9.17) is 4.74 Å². The molecule has 0 fully saturated rings. The largest absolute Gasteiger partial charge is 0.497 e. The Bertz CT molecular complexity index is 708. The number of methoxy groups -OCH3 is 1. The van der Waals surface area contributed by atoms with Gasteiger partial charge in [0, 0.05) is 17.8 Å². The number of nitrogens with one attached hydrogen (secondary N) is 1. The molecule has 0 aliphatic heterocycles. The van der Waals surface area contributed by atoms with Crippen molar-refractivity contribution >= 4 is 23.4 Å². The van der Waals surface area contributed by atoms with Crippen molar-refractivity contribution < 1.29 is 14.5 Å². The summed E-state index contributed by atoms with van der Waals surface area (Å²) in [6.45, 7) is 0. The first-order valence-corrected chi connectivity index (χ1v) is 6.46. The summed E-state index contributed by atoms with van der Waals surface area (Å²) >= 11 is 0. The molecule has 0 saturated carbocycles. The van der Waals surface area contributed by atoms with Crippen LogP contribution in [0.1, 0.15) is 5.56 Å². The number of nitro groups is 1. The Morgan fingerprint density at radius 2 is 1.86 bits per heavy atom. The van der Waals surface area contributed by atoms with Crippen molar-refractivity contribution in [3.63, 3.8) is 0 Å². The normalized spacial score (nSPS) is 10.4. The fraction of sp³-hybridized carbons (Fsp3) is 0.0625. The topological polar surface area (TPSA) is 81.5 Å². The van der Waals surface area contributed by atoms with Crippen molar-refractivity contribution in [3.05, 3.63) is 70.3 Å². The van der Waals surface area contributed by atoms with E-state index in [0.717, 1.165) is 0 Å². The molecule has 0 aliphatic rings. The second kappa shape index (κ2) is 7.03. The van der Waals surface area contributed by atoms with E-state index < -0.39 is 4.92 Å². The summed E-state index contributed by atoms with van der Waals surface area (Å²) in [6, 6.07) is 13.1. The summed E-state index contributed by atoms with van der Waals surface area (Å²) in [7, 11) is 1.56. The fourth-order valence-electron chi connectivity index (χ4n) is 1.82. The highest BCUT2D eigenvalue weighted by Crippen LogP contribution is 2.19. The van der Waals surface area contributed by atoms with Gasteiger partial charge in [-0.05, 0) is 36.4 Å². The summed E-state index contributed by atoms with van der Waals surface area (Å²) in [4.78, 5) is 22.2. The second-order valence-electron chi connectivity index (χ2n) is 4.37. The van der Waals surface area contributed by atoms with Crippen molar-refractivity contribution in [1.82, 2.24) is 0 Å². The lowest BCUT2D eigenvalue weighted by Crippen LogP contribution is -2.07. The molecule has 6 heteroatoms. The van der Waals surface area contributed by atoms with Gasteiger partial charge in [-0.2, -0.15) is 0 Å². The molecule has 0 atom stereocenters. The third kappa shape index (κ3) is 3.92. The Balaban J connectivity index is 2.06. The lowest BCUT2D eigenvalue weighted by molar-refractivity contribution is -0.385. The summed E-state index contributed by atoms with van der Waals surface area (Å²) in [5.74, 6) is 0.316. The van der Waals surface area contributed by atoms with Gasteiger partial charge in [0.2, 0.25) is 5.91 Å². The number of para-hydroxylation sites is 1. The van der Waals surface area contributed by atoms with Crippen LogP contribution in [-0.4, -0.2) is 17.9 Å². The van der Waals surface area contributed by atoms with Gasteiger partial charge in [-0.15, -0.1) is 0 Å². The average Bonchev–Trinajstić information content (AvgIpc) is 2.54. The van der Waals surface area contributed by atoms with Gasteiger partial charge in [0.25, 0.3) is 5.69 Å². The minimum absolute atomic E-state index is 0.0454. The van der Waals surface area contributed by atoms with E-state index in [1.807, 2.05) is 0 Å². The van der Waals surface area contributed by atoms with E-state index >= 15 is 0 Å². The second-order valence-corrected chi connectivity index (χ2v) is 4.37. The summed E-state index contributed by atoms with van der Waals surface area (Å²) in [5, 5.41) is 13.5. The number of rotatable bonds is 5. The number of carbonyl (C=O) groups is 1. The molecule has 0 aromatic heterocycles. The van der Waals surface area contributed by atoms with Crippen LogP contribution in [0, 0.1) is 10.1 Å². The van der Waals surface area contributed by atoms with Gasteiger partial charge < -0.3 is 10.1 Å². The molecule has 2 aromatic rings. The highest BCUT2D eigenvalue weighted by molar-refractivity contribution is 6.02. The van der Waals surface area contributed by atoms with Crippen LogP contribution in [0.25, 0.3) is 6.08 Å². The van der Waals surface area contributed by atoms with E-state index in [2.05, 4.69) is 5.32 Å². The van der Waals surface area contributed by atoms with E-state index in [-0.39, 0.29) is 11.6 Å².